The van der Waals surface area contributed by atoms with Crippen molar-refractivity contribution < 1.29 is 14.3 Å². The van der Waals surface area contributed by atoms with E-state index >= 15 is 0 Å². The van der Waals surface area contributed by atoms with Crippen molar-refractivity contribution in [1.29, 1.82) is 0 Å². The zero-order valence-corrected chi connectivity index (χ0v) is 20.5. The number of hydrogen-bond donors (Lipinski definition) is 1. The maximum atomic E-state index is 13.7. The maximum absolute atomic E-state index is 13.7. The van der Waals surface area contributed by atoms with Crippen molar-refractivity contribution in [1.82, 2.24) is 0 Å². The van der Waals surface area contributed by atoms with Crippen LogP contribution in [0.1, 0.15) is 41.7 Å². The normalized spacial score (nSPS) is 13.8. The monoisotopic (exact) mass is 454 g/mol. The van der Waals surface area contributed by atoms with E-state index in [9.17, 15) is 9.59 Å². The average molecular weight is 455 g/mol. The van der Waals surface area contributed by atoms with Gasteiger partial charge in [-0.2, -0.15) is 0 Å². The van der Waals surface area contributed by atoms with E-state index in [0.29, 0.717) is 17.0 Å². The Morgan fingerprint density at radius 1 is 0.765 bits per heavy atom. The number of aryl methyl sites for hydroxylation is 4. The lowest BCUT2D eigenvalue weighted by molar-refractivity contribution is -0.120. The summed E-state index contributed by atoms with van der Waals surface area (Å²) in [4.78, 5) is 28.6. The van der Waals surface area contributed by atoms with Crippen molar-refractivity contribution in [3.05, 3.63) is 94.2 Å². The predicted molar refractivity (Wildman–Crippen MR) is 137 cm³/mol. The minimum absolute atomic E-state index is 0.0347. The van der Waals surface area contributed by atoms with Gasteiger partial charge in [0, 0.05) is 5.69 Å². The molecule has 0 aliphatic carbocycles. The largest absolute Gasteiger partial charge is 0.491 e. The molecule has 0 atom stereocenters. The quantitative estimate of drug-likeness (QED) is 0.457. The Morgan fingerprint density at radius 3 is 2.09 bits per heavy atom. The first-order valence-corrected chi connectivity index (χ1v) is 11.5. The number of nitrogens with one attached hydrogen (secondary N) is 1. The average Bonchev–Trinajstić information content (AvgIpc) is 3.01. The molecule has 3 aromatic rings. The van der Waals surface area contributed by atoms with Crippen molar-refractivity contribution in [3.63, 3.8) is 0 Å². The van der Waals surface area contributed by atoms with Crippen LogP contribution in [-0.2, 0) is 9.59 Å². The number of carbonyl (C=O) groups excluding carboxylic acids is 2. The van der Waals surface area contributed by atoms with Crippen LogP contribution in [0.2, 0.25) is 0 Å². The lowest BCUT2D eigenvalue weighted by Crippen LogP contribution is -2.32. The van der Waals surface area contributed by atoms with Gasteiger partial charge in [-0.25, -0.2) is 4.90 Å². The fraction of sp³-hybridized carbons (Fsp3) is 0.241. The molecule has 4 rings (SSSR count). The van der Waals surface area contributed by atoms with Crippen molar-refractivity contribution in [2.75, 3.05) is 10.2 Å². The van der Waals surface area contributed by atoms with Gasteiger partial charge in [0.25, 0.3) is 11.8 Å². The van der Waals surface area contributed by atoms with Gasteiger partial charge in [-0.3, -0.25) is 9.59 Å². The summed E-state index contributed by atoms with van der Waals surface area (Å²) in [5, 5.41) is 3.26. The highest BCUT2D eigenvalue weighted by Gasteiger charge is 2.40. The van der Waals surface area contributed by atoms with E-state index in [1.807, 2.05) is 77.9 Å². The SMILES string of the molecule is Cc1ccc(C2=C(Nc3ccc(C)c(C)c3)C(=O)N(c3ccc(OC(C)C)cc3)C2=O)c(C)c1. The van der Waals surface area contributed by atoms with Gasteiger partial charge in [0.1, 0.15) is 11.4 Å². The smallest absolute Gasteiger partial charge is 0.282 e. The van der Waals surface area contributed by atoms with E-state index < -0.39 is 0 Å². The summed E-state index contributed by atoms with van der Waals surface area (Å²) in [7, 11) is 0. The molecule has 34 heavy (non-hydrogen) atoms. The molecule has 1 heterocycles. The first-order chi connectivity index (χ1) is 16.2. The lowest BCUT2D eigenvalue weighted by atomic mass is 9.97. The maximum Gasteiger partial charge on any atom is 0.282 e. The third kappa shape index (κ3) is 4.46. The fourth-order valence-corrected chi connectivity index (χ4v) is 4.13. The summed E-state index contributed by atoms with van der Waals surface area (Å²) >= 11 is 0. The molecule has 0 bridgehead atoms. The zero-order valence-electron chi connectivity index (χ0n) is 20.5. The minimum atomic E-state index is -0.379. The summed E-state index contributed by atoms with van der Waals surface area (Å²) in [5.41, 5.74) is 6.98. The van der Waals surface area contributed by atoms with E-state index in [1.54, 1.807) is 24.3 Å². The van der Waals surface area contributed by atoms with Gasteiger partial charge < -0.3 is 10.1 Å². The Balaban J connectivity index is 1.79. The minimum Gasteiger partial charge on any atom is -0.491 e. The molecule has 5 nitrogen and oxygen atoms in total. The van der Waals surface area contributed by atoms with Gasteiger partial charge in [-0.05, 0) is 100 Å². The Hall–Kier alpha value is -3.86. The lowest BCUT2D eigenvalue weighted by Gasteiger charge is -2.17. The molecular weight excluding hydrogens is 424 g/mol. The topological polar surface area (TPSA) is 58.6 Å². The van der Waals surface area contributed by atoms with Gasteiger partial charge in [-0.1, -0.05) is 29.8 Å². The van der Waals surface area contributed by atoms with Gasteiger partial charge in [-0.15, -0.1) is 0 Å². The van der Waals surface area contributed by atoms with E-state index in [0.717, 1.165) is 33.5 Å². The van der Waals surface area contributed by atoms with Crippen LogP contribution in [0, 0.1) is 27.7 Å². The number of ether oxygens (including phenoxy) is 1. The van der Waals surface area contributed by atoms with Crippen LogP contribution in [0.15, 0.2) is 66.4 Å². The highest BCUT2D eigenvalue weighted by atomic mass is 16.5. The van der Waals surface area contributed by atoms with Gasteiger partial charge in [0.15, 0.2) is 0 Å². The van der Waals surface area contributed by atoms with Gasteiger partial charge >= 0.3 is 0 Å². The Kier molecular flexibility index (Phi) is 6.29. The standard InChI is InChI=1S/C29H30N2O3/c1-17(2)34-24-12-10-23(11-13-24)31-28(32)26(25-14-7-18(3)15-21(25)6)27(29(31)33)30-22-9-8-19(4)20(5)16-22/h7-17,30H,1-6H3. The predicted octanol–water partition coefficient (Wildman–Crippen LogP) is 6.10. The molecule has 5 heteroatoms. The number of carbonyl (C=O) groups is 2. The molecule has 0 aromatic heterocycles. The Bertz CT molecular complexity index is 1300. The van der Waals surface area contributed by atoms with Crippen molar-refractivity contribution in [2.45, 2.75) is 47.6 Å². The highest BCUT2D eigenvalue weighted by Crippen LogP contribution is 2.36. The van der Waals surface area contributed by atoms with Crippen LogP contribution >= 0.6 is 0 Å². The third-order valence-corrected chi connectivity index (χ3v) is 5.98. The second-order valence-electron chi connectivity index (χ2n) is 9.10. The van der Waals surface area contributed by atoms with Crippen LogP contribution < -0.4 is 15.0 Å². The molecule has 1 aliphatic rings. The summed E-state index contributed by atoms with van der Waals surface area (Å²) in [6, 6.07) is 18.8. The van der Waals surface area contributed by atoms with Gasteiger partial charge in [0.05, 0.1) is 17.4 Å². The molecule has 0 spiro atoms. The summed E-state index contributed by atoms with van der Waals surface area (Å²) in [5.74, 6) is -0.0366. The third-order valence-electron chi connectivity index (χ3n) is 5.98. The molecule has 174 valence electrons. The summed E-state index contributed by atoms with van der Waals surface area (Å²) in [6.07, 6.45) is 0.0347. The Morgan fingerprint density at radius 2 is 1.47 bits per heavy atom. The molecule has 0 radical (unpaired) electrons. The van der Waals surface area contributed by atoms with Crippen molar-refractivity contribution >= 4 is 28.8 Å². The molecule has 0 fully saturated rings. The number of amides is 2. The number of nitrogens with zero attached hydrogens (tertiary/aromatic N) is 1. The summed E-state index contributed by atoms with van der Waals surface area (Å²) in [6.45, 7) is 11.9. The second kappa shape index (κ2) is 9.18. The highest BCUT2D eigenvalue weighted by molar-refractivity contribution is 6.46. The van der Waals surface area contributed by atoms with E-state index in [2.05, 4.69) is 5.32 Å². The Labute approximate surface area is 201 Å². The van der Waals surface area contributed by atoms with Crippen LogP contribution in [0.25, 0.3) is 5.57 Å². The first-order valence-electron chi connectivity index (χ1n) is 11.5. The van der Waals surface area contributed by atoms with Gasteiger partial charge in [0.2, 0.25) is 0 Å². The molecule has 1 N–H and O–H groups in total. The molecule has 3 aromatic carbocycles. The van der Waals surface area contributed by atoms with Crippen LogP contribution in [0.5, 0.6) is 5.75 Å². The molecule has 1 aliphatic heterocycles. The second-order valence-corrected chi connectivity index (χ2v) is 9.10. The molecule has 0 saturated heterocycles. The van der Waals surface area contributed by atoms with E-state index in [4.69, 9.17) is 4.74 Å². The van der Waals surface area contributed by atoms with Crippen molar-refractivity contribution in [3.8, 4) is 5.75 Å². The number of anilines is 2. The number of rotatable bonds is 6. The van der Waals surface area contributed by atoms with Crippen LogP contribution in [0.3, 0.4) is 0 Å². The van der Waals surface area contributed by atoms with Crippen LogP contribution in [0.4, 0.5) is 11.4 Å². The molecular formula is C29H30N2O3. The van der Waals surface area contributed by atoms with E-state index in [-0.39, 0.29) is 23.6 Å². The van der Waals surface area contributed by atoms with Crippen molar-refractivity contribution in [2.24, 2.45) is 0 Å². The first kappa shape index (κ1) is 23.3. The molecule has 0 saturated carbocycles. The zero-order chi connectivity index (χ0) is 24.6. The molecule has 2 amide bonds. The molecule has 0 unspecified atom stereocenters. The fourth-order valence-electron chi connectivity index (χ4n) is 4.13. The van der Waals surface area contributed by atoms with Crippen LogP contribution in [-0.4, -0.2) is 17.9 Å². The number of imide groups is 1. The summed E-state index contributed by atoms with van der Waals surface area (Å²) < 4.78 is 5.71. The number of benzene rings is 3. The van der Waals surface area contributed by atoms with E-state index in [1.165, 1.54) is 4.90 Å². The number of hydrogen-bond acceptors (Lipinski definition) is 4.